The Balaban J connectivity index is 2.41. The molecule has 2 rings (SSSR count). The lowest BCUT2D eigenvalue weighted by atomic mass is 10.3. The number of halogens is 2. The van der Waals surface area contributed by atoms with E-state index >= 15 is 0 Å². The molecule has 7 heteroatoms. The molecule has 1 heterocycles. The Hall–Kier alpha value is -1.14. The predicted molar refractivity (Wildman–Crippen MR) is 73.6 cm³/mol. The fourth-order valence-corrected chi connectivity index (χ4v) is 2.83. The first kappa shape index (κ1) is 14.3. The number of rotatable bonds is 5. The van der Waals surface area contributed by atoms with Gasteiger partial charge in [0, 0.05) is 18.4 Å². The van der Waals surface area contributed by atoms with Gasteiger partial charge in [-0.25, -0.2) is 17.8 Å². The van der Waals surface area contributed by atoms with E-state index in [0.717, 1.165) is 0 Å². The van der Waals surface area contributed by atoms with Gasteiger partial charge in [0.1, 0.15) is 11.6 Å². The van der Waals surface area contributed by atoms with E-state index < -0.39 is 9.84 Å². The van der Waals surface area contributed by atoms with Crippen LogP contribution in [0, 0.1) is 5.82 Å². The van der Waals surface area contributed by atoms with Crippen LogP contribution in [0.3, 0.4) is 0 Å². The second-order valence-electron chi connectivity index (χ2n) is 4.18. The van der Waals surface area contributed by atoms with Gasteiger partial charge in [0.15, 0.2) is 9.84 Å². The van der Waals surface area contributed by atoms with E-state index in [1.165, 1.54) is 12.1 Å². The molecule has 0 aliphatic heterocycles. The average molecular weight is 305 g/mol. The summed E-state index contributed by atoms with van der Waals surface area (Å²) in [5.74, 6) is 0.455. The first-order valence-electron chi connectivity index (χ1n) is 5.88. The van der Waals surface area contributed by atoms with Gasteiger partial charge in [-0.3, -0.25) is 0 Å². The maximum atomic E-state index is 13.1. The highest BCUT2D eigenvalue weighted by Crippen LogP contribution is 2.19. The Labute approximate surface area is 116 Å². The molecule has 2 aromatic rings. The van der Waals surface area contributed by atoms with Crippen LogP contribution >= 0.6 is 11.6 Å². The monoisotopic (exact) mass is 304 g/mol. The highest BCUT2D eigenvalue weighted by molar-refractivity contribution is 7.91. The molecule has 0 radical (unpaired) electrons. The van der Waals surface area contributed by atoms with Crippen LogP contribution in [0.25, 0.3) is 11.0 Å². The summed E-state index contributed by atoms with van der Waals surface area (Å²) in [7, 11) is -3.06. The van der Waals surface area contributed by atoms with Gasteiger partial charge < -0.3 is 4.57 Å². The third kappa shape index (κ3) is 3.06. The zero-order valence-electron chi connectivity index (χ0n) is 10.4. The Bertz CT molecular complexity index is 697. The number of hydrogen-bond donors (Lipinski definition) is 0. The van der Waals surface area contributed by atoms with Crippen molar-refractivity contribution in [3.8, 4) is 0 Å². The van der Waals surface area contributed by atoms with Gasteiger partial charge >= 0.3 is 0 Å². The summed E-state index contributed by atoms with van der Waals surface area (Å²) >= 11 is 5.80. The van der Waals surface area contributed by atoms with Crippen LogP contribution in [-0.4, -0.2) is 29.5 Å². The number of imidazole rings is 1. The lowest BCUT2D eigenvalue weighted by Crippen LogP contribution is -2.15. The van der Waals surface area contributed by atoms with E-state index in [0.29, 0.717) is 16.9 Å². The minimum atomic E-state index is -3.06. The van der Waals surface area contributed by atoms with Crippen LogP contribution in [-0.2, 0) is 22.3 Å². The van der Waals surface area contributed by atoms with E-state index in [4.69, 9.17) is 11.6 Å². The maximum absolute atomic E-state index is 13.1. The average Bonchev–Trinajstić information content (AvgIpc) is 2.73. The van der Waals surface area contributed by atoms with Gasteiger partial charge in [-0.15, -0.1) is 11.6 Å². The van der Waals surface area contributed by atoms with Crippen LogP contribution in [0.1, 0.15) is 12.7 Å². The zero-order chi connectivity index (χ0) is 14.0. The number of nitrogens with zero attached hydrogens (tertiary/aromatic N) is 2. The van der Waals surface area contributed by atoms with Crippen LogP contribution in [0.4, 0.5) is 4.39 Å². The fraction of sp³-hybridized carbons (Fsp3) is 0.417. The number of fused-ring (bicyclic) bond motifs is 1. The largest absolute Gasteiger partial charge is 0.326 e. The molecule has 0 atom stereocenters. The Kier molecular flexibility index (Phi) is 4.10. The second-order valence-corrected chi connectivity index (χ2v) is 6.92. The Morgan fingerprint density at radius 2 is 2.16 bits per heavy atom. The summed E-state index contributed by atoms with van der Waals surface area (Å²) in [5.41, 5.74) is 1.19. The number of hydrogen-bond acceptors (Lipinski definition) is 3. The van der Waals surface area contributed by atoms with Gasteiger partial charge in [0.05, 0.1) is 22.7 Å². The van der Waals surface area contributed by atoms with E-state index in [2.05, 4.69) is 4.98 Å². The Morgan fingerprint density at radius 1 is 1.42 bits per heavy atom. The lowest BCUT2D eigenvalue weighted by molar-refractivity contribution is 0.590. The van der Waals surface area contributed by atoms with Gasteiger partial charge in [-0.2, -0.15) is 0 Å². The highest BCUT2D eigenvalue weighted by Gasteiger charge is 2.14. The molecule has 104 valence electrons. The van der Waals surface area contributed by atoms with Crippen molar-refractivity contribution in [3.05, 3.63) is 29.8 Å². The summed E-state index contributed by atoms with van der Waals surface area (Å²) in [5, 5.41) is 0. The summed E-state index contributed by atoms with van der Waals surface area (Å²) in [6.07, 6.45) is 0. The first-order valence-corrected chi connectivity index (χ1v) is 8.23. The molecule has 0 unspecified atom stereocenters. The third-order valence-corrected chi connectivity index (χ3v) is 4.90. The molecule has 0 amide bonds. The molecule has 0 N–H and O–H groups in total. The van der Waals surface area contributed by atoms with Crippen molar-refractivity contribution in [2.24, 2.45) is 0 Å². The number of aryl methyl sites for hydroxylation is 1. The Morgan fingerprint density at radius 3 is 2.79 bits per heavy atom. The SMILES string of the molecule is CCS(=O)(=O)CCn1c(CCl)nc2cc(F)ccc21. The van der Waals surface area contributed by atoms with Crippen molar-refractivity contribution in [1.29, 1.82) is 0 Å². The standard InChI is InChI=1S/C12H14ClFN2O2S/c1-2-19(17,18)6-5-16-11-4-3-9(14)7-10(11)15-12(16)8-13/h3-4,7H,2,5-6,8H2,1H3. The molecule has 19 heavy (non-hydrogen) atoms. The van der Waals surface area contributed by atoms with E-state index in [1.807, 2.05) is 0 Å². The predicted octanol–water partition coefficient (Wildman–Crippen LogP) is 2.35. The van der Waals surface area contributed by atoms with Crippen molar-refractivity contribution >= 4 is 32.5 Å². The molecule has 0 bridgehead atoms. The molecule has 4 nitrogen and oxygen atoms in total. The topological polar surface area (TPSA) is 52.0 Å². The van der Waals surface area contributed by atoms with Crippen molar-refractivity contribution < 1.29 is 12.8 Å². The molecular formula is C12H14ClFN2O2S. The molecule has 0 aliphatic rings. The third-order valence-electron chi connectivity index (χ3n) is 2.97. The molecule has 0 fully saturated rings. The van der Waals surface area contributed by atoms with Crippen LogP contribution in [0.2, 0.25) is 0 Å². The quantitative estimate of drug-likeness (QED) is 0.797. The molecule has 0 aliphatic carbocycles. The van der Waals surface area contributed by atoms with Gasteiger partial charge in [-0.1, -0.05) is 6.92 Å². The summed E-state index contributed by atoms with van der Waals surface area (Å²) < 4.78 is 38.0. The smallest absolute Gasteiger partial charge is 0.151 e. The highest BCUT2D eigenvalue weighted by atomic mass is 35.5. The molecule has 1 aromatic carbocycles. The summed E-state index contributed by atoms with van der Waals surface area (Å²) in [6.45, 7) is 1.89. The van der Waals surface area contributed by atoms with Crippen LogP contribution in [0.15, 0.2) is 18.2 Å². The van der Waals surface area contributed by atoms with E-state index in [9.17, 15) is 12.8 Å². The van der Waals surface area contributed by atoms with Crippen molar-refractivity contribution in [1.82, 2.24) is 9.55 Å². The molecule has 0 saturated carbocycles. The summed E-state index contributed by atoms with van der Waals surface area (Å²) in [4.78, 5) is 4.21. The van der Waals surface area contributed by atoms with Crippen LogP contribution < -0.4 is 0 Å². The number of sulfone groups is 1. The van der Waals surface area contributed by atoms with Gasteiger partial charge in [0.2, 0.25) is 0 Å². The maximum Gasteiger partial charge on any atom is 0.151 e. The van der Waals surface area contributed by atoms with Crippen molar-refractivity contribution in [2.45, 2.75) is 19.3 Å². The minimum absolute atomic E-state index is 0.0240. The first-order chi connectivity index (χ1) is 8.96. The molecular weight excluding hydrogens is 291 g/mol. The van der Waals surface area contributed by atoms with Crippen molar-refractivity contribution in [3.63, 3.8) is 0 Å². The molecule has 1 aromatic heterocycles. The zero-order valence-corrected chi connectivity index (χ0v) is 12.0. The van der Waals surface area contributed by atoms with Crippen molar-refractivity contribution in [2.75, 3.05) is 11.5 Å². The van der Waals surface area contributed by atoms with Gasteiger partial charge in [-0.05, 0) is 12.1 Å². The van der Waals surface area contributed by atoms with Crippen LogP contribution in [0.5, 0.6) is 0 Å². The fourth-order valence-electron chi connectivity index (χ4n) is 1.88. The minimum Gasteiger partial charge on any atom is -0.326 e. The summed E-state index contributed by atoms with van der Waals surface area (Å²) in [6, 6.07) is 4.23. The van der Waals surface area contributed by atoms with Gasteiger partial charge in [0.25, 0.3) is 0 Å². The second kappa shape index (κ2) is 5.46. The molecule has 0 spiro atoms. The normalized spacial score (nSPS) is 12.2. The lowest BCUT2D eigenvalue weighted by Gasteiger charge is -2.07. The number of aromatic nitrogens is 2. The van der Waals surface area contributed by atoms with E-state index in [-0.39, 0.29) is 29.7 Å². The number of benzene rings is 1. The number of alkyl halides is 1. The van der Waals surface area contributed by atoms with E-state index in [1.54, 1.807) is 17.6 Å². The molecule has 0 saturated heterocycles.